The van der Waals surface area contributed by atoms with Gasteiger partial charge in [0, 0.05) is 48.2 Å². The number of aryl methyl sites for hydroxylation is 1. The fourth-order valence-corrected chi connectivity index (χ4v) is 5.69. The van der Waals surface area contributed by atoms with Crippen molar-refractivity contribution in [1.82, 2.24) is 35.6 Å². The summed E-state index contributed by atoms with van der Waals surface area (Å²) in [6.07, 6.45) is 5.60. The predicted octanol–water partition coefficient (Wildman–Crippen LogP) is 4.51. The van der Waals surface area contributed by atoms with Crippen molar-refractivity contribution in [3.63, 3.8) is 0 Å². The molecular weight excluding hydrogens is 580 g/mol. The Balaban J connectivity index is 1.12. The van der Waals surface area contributed by atoms with E-state index in [0.29, 0.717) is 42.0 Å². The van der Waals surface area contributed by atoms with Gasteiger partial charge in [-0.15, -0.1) is 5.10 Å². The number of nitrogens with zero attached hydrogens (tertiary/aromatic N) is 6. The number of rotatable bonds is 5. The lowest BCUT2D eigenvalue weighted by Crippen LogP contribution is -2.52. The number of hydrogen-bond donors (Lipinski definition) is 2. The van der Waals surface area contributed by atoms with E-state index in [2.05, 4.69) is 36.9 Å². The molecule has 2 N–H and O–H groups in total. The lowest BCUT2D eigenvalue weighted by atomic mass is 9.96. The van der Waals surface area contributed by atoms with E-state index < -0.39 is 0 Å². The molecule has 1 amide bonds. The van der Waals surface area contributed by atoms with Gasteiger partial charge in [0.05, 0.1) is 15.9 Å². The lowest BCUT2D eigenvalue weighted by Gasteiger charge is -2.35. The SMILES string of the molecule is Cc1nn(-c2ccccc2)nc1C(=O)N1CCC(CN=C2C=C(c3ccccc3Cl)NC3C(Br)=CNN23)CC1. The molecule has 3 aromatic rings. The Morgan fingerprint density at radius 2 is 1.85 bits per heavy atom. The van der Waals surface area contributed by atoms with Crippen LogP contribution in [0.5, 0.6) is 0 Å². The number of likely N-dealkylation sites (tertiary alicyclic amines) is 1. The molecule has 0 spiro atoms. The van der Waals surface area contributed by atoms with Crippen LogP contribution in [0.3, 0.4) is 0 Å². The Morgan fingerprint density at radius 1 is 1.10 bits per heavy atom. The van der Waals surface area contributed by atoms with Crippen LogP contribution >= 0.6 is 27.5 Å². The Bertz CT molecular complexity index is 1480. The first-order valence-corrected chi connectivity index (χ1v) is 14.1. The van der Waals surface area contributed by atoms with Crippen LogP contribution in [-0.2, 0) is 0 Å². The molecule has 4 heterocycles. The van der Waals surface area contributed by atoms with Gasteiger partial charge in [-0.25, -0.2) is 5.01 Å². The van der Waals surface area contributed by atoms with E-state index in [4.69, 9.17) is 16.6 Å². The number of carbonyl (C=O) groups excluding carboxylic acids is 1. The van der Waals surface area contributed by atoms with Gasteiger partial charge in [0.2, 0.25) is 0 Å². The average molecular weight is 608 g/mol. The number of nitrogens with one attached hydrogen (secondary N) is 2. The van der Waals surface area contributed by atoms with Gasteiger partial charge < -0.3 is 15.6 Å². The number of hydrazine groups is 1. The highest BCUT2D eigenvalue weighted by atomic mass is 79.9. The Morgan fingerprint density at radius 3 is 2.62 bits per heavy atom. The number of aromatic nitrogens is 3. The summed E-state index contributed by atoms with van der Waals surface area (Å²) in [5, 5.41) is 15.2. The summed E-state index contributed by atoms with van der Waals surface area (Å²) in [6, 6.07) is 17.4. The molecule has 3 aliphatic rings. The molecule has 0 bridgehead atoms. The quantitative estimate of drug-likeness (QED) is 0.444. The second-order valence-corrected chi connectivity index (χ2v) is 11.1. The molecular formula is C28H28BrClN8O. The molecule has 1 atom stereocenters. The van der Waals surface area contributed by atoms with Crippen molar-refractivity contribution in [3.05, 3.63) is 93.3 Å². The number of hydrogen-bond acceptors (Lipinski definition) is 6. The van der Waals surface area contributed by atoms with E-state index in [9.17, 15) is 4.79 Å². The topological polar surface area (TPSA) is 90.7 Å². The zero-order valence-corrected chi connectivity index (χ0v) is 23.7. The van der Waals surface area contributed by atoms with Crippen molar-refractivity contribution in [2.45, 2.75) is 25.9 Å². The van der Waals surface area contributed by atoms with Crippen LogP contribution in [0.15, 0.2) is 76.3 Å². The lowest BCUT2D eigenvalue weighted by molar-refractivity contribution is 0.0686. The standard InChI is InChI=1S/C28H28BrClN8O/c1-18-26(35-38(34-18)20-7-3-2-4-8-20)28(39)36-13-11-19(12-14-36)16-31-25-15-24(21-9-5-6-10-23(21)30)33-27-22(29)17-32-37(25)27/h2-10,15,17,19,27,32-33H,11-14,16H2,1H3. The summed E-state index contributed by atoms with van der Waals surface area (Å²) >= 11 is 10.1. The van der Waals surface area contributed by atoms with Gasteiger partial charge in [-0.1, -0.05) is 48.0 Å². The average Bonchev–Trinajstić information content (AvgIpc) is 3.55. The van der Waals surface area contributed by atoms with Gasteiger partial charge in [0.25, 0.3) is 5.91 Å². The Labute approximate surface area is 240 Å². The molecule has 3 aliphatic heterocycles. The summed E-state index contributed by atoms with van der Waals surface area (Å²) in [5.41, 5.74) is 7.02. The highest BCUT2D eigenvalue weighted by molar-refractivity contribution is 9.11. The third-order valence-electron chi connectivity index (χ3n) is 7.22. The van der Waals surface area contributed by atoms with E-state index in [0.717, 1.165) is 40.1 Å². The molecule has 2 aromatic carbocycles. The first-order valence-electron chi connectivity index (χ1n) is 12.9. The maximum absolute atomic E-state index is 13.3. The number of amidine groups is 1. The molecule has 0 radical (unpaired) electrons. The first kappa shape index (κ1) is 25.6. The van der Waals surface area contributed by atoms with Crippen LogP contribution in [0, 0.1) is 12.8 Å². The van der Waals surface area contributed by atoms with Crippen molar-refractivity contribution in [2.24, 2.45) is 10.9 Å². The highest BCUT2D eigenvalue weighted by Gasteiger charge is 2.34. The fourth-order valence-electron chi connectivity index (χ4n) is 5.03. The molecule has 200 valence electrons. The molecule has 39 heavy (non-hydrogen) atoms. The van der Waals surface area contributed by atoms with Gasteiger partial charge >= 0.3 is 0 Å². The number of aliphatic imine (C=N–C) groups is 1. The number of benzene rings is 2. The second-order valence-electron chi connectivity index (χ2n) is 9.81. The van der Waals surface area contributed by atoms with Crippen LogP contribution in [-0.4, -0.2) is 62.4 Å². The van der Waals surface area contributed by atoms with Crippen molar-refractivity contribution in [2.75, 3.05) is 19.6 Å². The van der Waals surface area contributed by atoms with Crippen LogP contribution < -0.4 is 10.7 Å². The van der Waals surface area contributed by atoms with Crippen molar-refractivity contribution >= 4 is 45.0 Å². The highest BCUT2D eigenvalue weighted by Crippen LogP contribution is 2.30. The molecule has 11 heteroatoms. The molecule has 1 fully saturated rings. The minimum Gasteiger partial charge on any atom is -0.359 e. The van der Waals surface area contributed by atoms with E-state index in [1.54, 1.807) is 0 Å². The van der Waals surface area contributed by atoms with Crippen molar-refractivity contribution < 1.29 is 4.79 Å². The number of carbonyl (C=O) groups is 1. The van der Waals surface area contributed by atoms with Crippen LogP contribution in [0.25, 0.3) is 11.4 Å². The van der Waals surface area contributed by atoms with Crippen LogP contribution in [0.4, 0.5) is 0 Å². The van der Waals surface area contributed by atoms with E-state index in [1.807, 2.05) is 83.7 Å². The predicted molar refractivity (Wildman–Crippen MR) is 155 cm³/mol. The fraction of sp³-hybridized carbons (Fsp3) is 0.286. The summed E-state index contributed by atoms with van der Waals surface area (Å²) in [5.74, 6) is 1.16. The second kappa shape index (κ2) is 10.9. The maximum atomic E-state index is 13.3. The number of piperidine rings is 1. The van der Waals surface area contributed by atoms with Crippen molar-refractivity contribution in [3.8, 4) is 5.69 Å². The Kier molecular flexibility index (Phi) is 7.14. The number of amides is 1. The van der Waals surface area contributed by atoms with Gasteiger partial charge in [0.1, 0.15) is 5.84 Å². The van der Waals surface area contributed by atoms with E-state index in [1.165, 1.54) is 4.80 Å². The van der Waals surface area contributed by atoms with E-state index in [-0.39, 0.29) is 12.1 Å². The zero-order chi connectivity index (χ0) is 26.9. The minimum atomic E-state index is -0.105. The summed E-state index contributed by atoms with van der Waals surface area (Å²) < 4.78 is 0.985. The molecule has 1 unspecified atom stereocenters. The maximum Gasteiger partial charge on any atom is 0.276 e. The number of halogens is 2. The monoisotopic (exact) mass is 606 g/mol. The number of fused-ring (bicyclic) bond motifs is 1. The molecule has 0 saturated carbocycles. The number of para-hydroxylation sites is 1. The molecule has 6 rings (SSSR count). The third-order valence-corrected chi connectivity index (χ3v) is 8.21. The normalized spacial score (nSPS) is 20.3. The molecule has 1 saturated heterocycles. The van der Waals surface area contributed by atoms with Crippen LogP contribution in [0.2, 0.25) is 5.02 Å². The minimum absolute atomic E-state index is 0.0647. The van der Waals surface area contributed by atoms with E-state index >= 15 is 0 Å². The third kappa shape index (κ3) is 5.18. The van der Waals surface area contributed by atoms with Crippen LogP contribution in [0.1, 0.15) is 34.6 Å². The van der Waals surface area contributed by atoms with Gasteiger partial charge in [0.15, 0.2) is 11.9 Å². The van der Waals surface area contributed by atoms with Gasteiger partial charge in [-0.2, -0.15) is 9.90 Å². The first-order chi connectivity index (χ1) is 19.0. The van der Waals surface area contributed by atoms with Gasteiger partial charge in [-0.05, 0) is 59.8 Å². The Hall–Kier alpha value is -3.63. The molecule has 1 aromatic heterocycles. The molecule has 0 aliphatic carbocycles. The smallest absolute Gasteiger partial charge is 0.276 e. The summed E-state index contributed by atoms with van der Waals surface area (Å²) in [4.78, 5) is 21.7. The summed E-state index contributed by atoms with van der Waals surface area (Å²) in [7, 11) is 0. The molecule has 9 nitrogen and oxygen atoms in total. The zero-order valence-electron chi connectivity index (χ0n) is 21.4. The largest absolute Gasteiger partial charge is 0.359 e. The van der Waals surface area contributed by atoms with Crippen molar-refractivity contribution in [1.29, 1.82) is 0 Å². The van der Waals surface area contributed by atoms with Gasteiger partial charge in [-0.3, -0.25) is 9.79 Å². The summed E-state index contributed by atoms with van der Waals surface area (Å²) in [6.45, 7) is 3.85.